The lowest BCUT2D eigenvalue weighted by Gasteiger charge is -2.19. The van der Waals surface area contributed by atoms with Gasteiger partial charge in [0.2, 0.25) is 0 Å². The fraction of sp³-hybridized carbons (Fsp3) is 0.588. The van der Waals surface area contributed by atoms with Gasteiger partial charge in [0.15, 0.2) is 6.10 Å². The van der Waals surface area contributed by atoms with Gasteiger partial charge in [0, 0.05) is 13.2 Å². The van der Waals surface area contributed by atoms with Gasteiger partial charge in [-0.05, 0) is 37.3 Å². The molecule has 2 rings (SSSR count). The SMILES string of the molecule is CC(C)c1ccccc1O[C@H](C)C(=O)NC[C@H]1CCCO1. The summed E-state index contributed by atoms with van der Waals surface area (Å²) in [5.74, 6) is 1.06. The van der Waals surface area contributed by atoms with Gasteiger partial charge in [-0.1, -0.05) is 32.0 Å². The number of hydrogen-bond acceptors (Lipinski definition) is 3. The van der Waals surface area contributed by atoms with Crippen LogP contribution in [0.5, 0.6) is 5.75 Å². The van der Waals surface area contributed by atoms with Crippen molar-refractivity contribution in [2.75, 3.05) is 13.2 Å². The van der Waals surface area contributed by atoms with Crippen LogP contribution in [-0.2, 0) is 9.53 Å². The van der Waals surface area contributed by atoms with Crippen molar-refractivity contribution in [3.63, 3.8) is 0 Å². The van der Waals surface area contributed by atoms with E-state index in [4.69, 9.17) is 9.47 Å². The van der Waals surface area contributed by atoms with E-state index in [1.807, 2.05) is 24.3 Å². The first-order chi connectivity index (χ1) is 10.1. The van der Waals surface area contributed by atoms with Crippen LogP contribution in [-0.4, -0.2) is 31.3 Å². The summed E-state index contributed by atoms with van der Waals surface area (Å²) < 4.78 is 11.3. The second-order valence-corrected chi connectivity index (χ2v) is 5.83. The molecule has 0 unspecified atom stereocenters. The molecule has 21 heavy (non-hydrogen) atoms. The molecule has 0 spiro atoms. The molecule has 2 atom stereocenters. The molecule has 0 radical (unpaired) electrons. The van der Waals surface area contributed by atoms with Crippen LogP contribution in [0.15, 0.2) is 24.3 Å². The summed E-state index contributed by atoms with van der Waals surface area (Å²) in [6.45, 7) is 7.38. The summed E-state index contributed by atoms with van der Waals surface area (Å²) >= 11 is 0. The quantitative estimate of drug-likeness (QED) is 0.876. The van der Waals surface area contributed by atoms with Crippen LogP contribution in [0.3, 0.4) is 0 Å². The van der Waals surface area contributed by atoms with Gasteiger partial charge in [-0.25, -0.2) is 0 Å². The number of carbonyl (C=O) groups excluding carboxylic acids is 1. The van der Waals surface area contributed by atoms with Crippen LogP contribution in [0.4, 0.5) is 0 Å². The number of ether oxygens (including phenoxy) is 2. The molecule has 0 aliphatic carbocycles. The highest BCUT2D eigenvalue weighted by Gasteiger charge is 2.20. The van der Waals surface area contributed by atoms with Gasteiger partial charge in [-0.3, -0.25) is 4.79 Å². The average molecular weight is 291 g/mol. The predicted molar refractivity (Wildman–Crippen MR) is 82.6 cm³/mol. The number of nitrogens with one attached hydrogen (secondary N) is 1. The summed E-state index contributed by atoms with van der Waals surface area (Å²) in [4.78, 5) is 12.1. The van der Waals surface area contributed by atoms with Crippen LogP contribution in [0.2, 0.25) is 0 Å². The Balaban J connectivity index is 1.88. The Bertz CT molecular complexity index is 467. The van der Waals surface area contributed by atoms with E-state index in [0.717, 1.165) is 30.8 Å². The summed E-state index contributed by atoms with van der Waals surface area (Å²) in [7, 11) is 0. The second-order valence-electron chi connectivity index (χ2n) is 5.83. The van der Waals surface area contributed by atoms with Crippen LogP contribution >= 0.6 is 0 Å². The maximum absolute atomic E-state index is 12.1. The van der Waals surface area contributed by atoms with Gasteiger partial charge in [-0.2, -0.15) is 0 Å². The van der Waals surface area contributed by atoms with Crippen molar-refractivity contribution in [1.82, 2.24) is 5.32 Å². The molecule has 1 aliphatic rings. The van der Waals surface area contributed by atoms with Crippen LogP contribution in [0.1, 0.15) is 45.1 Å². The van der Waals surface area contributed by atoms with Gasteiger partial charge < -0.3 is 14.8 Å². The van der Waals surface area contributed by atoms with Crippen molar-refractivity contribution in [3.05, 3.63) is 29.8 Å². The fourth-order valence-corrected chi connectivity index (χ4v) is 2.47. The minimum atomic E-state index is -0.508. The first kappa shape index (κ1) is 15.8. The van der Waals surface area contributed by atoms with Crippen LogP contribution in [0, 0.1) is 0 Å². The monoisotopic (exact) mass is 291 g/mol. The van der Waals surface area contributed by atoms with E-state index in [0.29, 0.717) is 12.5 Å². The number of hydrogen-bond donors (Lipinski definition) is 1. The molecule has 1 heterocycles. The molecule has 0 bridgehead atoms. The lowest BCUT2D eigenvalue weighted by atomic mass is 10.0. The third-order valence-electron chi connectivity index (χ3n) is 3.74. The van der Waals surface area contributed by atoms with Crippen molar-refractivity contribution in [1.29, 1.82) is 0 Å². The van der Waals surface area contributed by atoms with E-state index in [1.54, 1.807) is 6.92 Å². The standard InChI is InChI=1S/C17H25NO3/c1-12(2)15-8-4-5-9-16(15)21-13(3)17(19)18-11-14-7-6-10-20-14/h4-5,8-9,12-14H,6-7,10-11H2,1-3H3,(H,18,19)/t13-,14-/m1/s1. The Hall–Kier alpha value is -1.55. The lowest BCUT2D eigenvalue weighted by Crippen LogP contribution is -2.40. The zero-order valence-electron chi connectivity index (χ0n) is 13.1. The molecule has 1 aromatic carbocycles. The molecular weight excluding hydrogens is 266 g/mol. The molecule has 1 aliphatic heterocycles. The second kappa shape index (κ2) is 7.46. The van der Waals surface area contributed by atoms with E-state index >= 15 is 0 Å². The molecule has 1 N–H and O–H groups in total. The average Bonchev–Trinajstić information content (AvgIpc) is 2.98. The van der Waals surface area contributed by atoms with Gasteiger partial charge in [-0.15, -0.1) is 0 Å². The van der Waals surface area contributed by atoms with Crippen LogP contribution < -0.4 is 10.1 Å². The van der Waals surface area contributed by atoms with E-state index in [2.05, 4.69) is 19.2 Å². The van der Waals surface area contributed by atoms with E-state index in [9.17, 15) is 4.79 Å². The fourth-order valence-electron chi connectivity index (χ4n) is 2.47. The van der Waals surface area contributed by atoms with Gasteiger partial charge in [0.25, 0.3) is 5.91 Å². The predicted octanol–water partition coefficient (Wildman–Crippen LogP) is 2.87. The van der Waals surface area contributed by atoms with Gasteiger partial charge in [0.05, 0.1) is 6.10 Å². The molecule has 1 saturated heterocycles. The summed E-state index contributed by atoms with van der Waals surface area (Å²) in [5.41, 5.74) is 1.12. The Labute approximate surface area is 126 Å². The molecule has 116 valence electrons. The number of rotatable bonds is 6. The number of benzene rings is 1. The number of carbonyl (C=O) groups is 1. The highest BCUT2D eigenvalue weighted by molar-refractivity contribution is 5.80. The topological polar surface area (TPSA) is 47.6 Å². The van der Waals surface area contributed by atoms with Gasteiger partial charge in [0.1, 0.15) is 5.75 Å². The summed E-state index contributed by atoms with van der Waals surface area (Å²) in [5, 5.41) is 2.90. The first-order valence-corrected chi connectivity index (χ1v) is 7.73. The third-order valence-corrected chi connectivity index (χ3v) is 3.74. The Morgan fingerprint density at radius 3 is 2.81 bits per heavy atom. The Kier molecular flexibility index (Phi) is 5.62. The van der Waals surface area contributed by atoms with E-state index in [-0.39, 0.29) is 12.0 Å². The molecular formula is C17H25NO3. The molecule has 1 aromatic rings. The molecule has 1 fully saturated rings. The van der Waals surface area contributed by atoms with Crippen molar-refractivity contribution >= 4 is 5.91 Å². The van der Waals surface area contributed by atoms with E-state index < -0.39 is 6.10 Å². The molecule has 0 aromatic heterocycles. The normalized spacial score (nSPS) is 19.5. The highest BCUT2D eigenvalue weighted by atomic mass is 16.5. The van der Waals surface area contributed by atoms with Gasteiger partial charge >= 0.3 is 0 Å². The molecule has 0 saturated carbocycles. The third kappa shape index (κ3) is 4.46. The van der Waals surface area contributed by atoms with E-state index in [1.165, 1.54) is 0 Å². The summed E-state index contributed by atoms with van der Waals surface area (Å²) in [6.07, 6.45) is 1.75. The number of amides is 1. The van der Waals surface area contributed by atoms with Crippen molar-refractivity contribution in [3.8, 4) is 5.75 Å². The minimum Gasteiger partial charge on any atom is -0.481 e. The maximum atomic E-state index is 12.1. The largest absolute Gasteiger partial charge is 0.481 e. The summed E-state index contributed by atoms with van der Waals surface area (Å²) in [6, 6.07) is 7.87. The first-order valence-electron chi connectivity index (χ1n) is 7.73. The number of para-hydroxylation sites is 1. The van der Waals surface area contributed by atoms with Crippen molar-refractivity contribution < 1.29 is 14.3 Å². The van der Waals surface area contributed by atoms with Crippen molar-refractivity contribution in [2.45, 2.75) is 51.7 Å². The maximum Gasteiger partial charge on any atom is 0.260 e. The molecule has 4 heteroatoms. The highest BCUT2D eigenvalue weighted by Crippen LogP contribution is 2.26. The molecule has 1 amide bonds. The Morgan fingerprint density at radius 1 is 1.38 bits per heavy atom. The Morgan fingerprint density at radius 2 is 2.14 bits per heavy atom. The lowest BCUT2D eigenvalue weighted by molar-refractivity contribution is -0.127. The molecule has 4 nitrogen and oxygen atoms in total. The van der Waals surface area contributed by atoms with Crippen LogP contribution in [0.25, 0.3) is 0 Å². The zero-order chi connectivity index (χ0) is 15.2. The van der Waals surface area contributed by atoms with Crippen molar-refractivity contribution in [2.24, 2.45) is 0 Å². The zero-order valence-corrected chi connectivity index (χ0v) is 13.1. The minimum absolute atomic E-state index is 0.0935. The smallest absolute Gasteiger partial charge is 0.260 e.